The molecule has 0 spiro atoms. The average Bonchev–Trinajstić information content (AvgIpc) is 2.46. The summed E-state index contributed by atoms with van der Waals surface area (Å²) in [6.45, 7) is 16.9. The minimum atomic E-state index is -1.11. The zero-order valence-electron chi connectivity index (χ0n) is 50.0. The van der Waals surface area contributed by atoms with Gasteiger partial charge in [-0.15, -0.1) is 0 Å². The van der Waals surface area contributed by atoms with E-state index in [1.807, 2.05) is 196 Å². The van der Waals surface area contributed by atoms with Crippen LogP contribution in [0.4, 0.5) is 17.1 Å². The number of carbonyl (C=O) groups excluding carboxylic acids is 4. The molecule has 14 nitrogen and oxygen atoms in total. The van der Waals surface area contributed by atoms with Crippen LogP contribution in [0.15, 0.2) is 219 Å². The molecule has 3 heterocycles. The summed E-state index contributed by atoms with van der Waals surface area (Å²) >= 11 is 0. The minimum Gasteiger partial charge on any atom is -0.478 e. The van der Waals surface area contributed by atoms with E-state index >= 15 is 0 Å². The molecule has 0 saturated heterocycles. The largest absolute Gasteiger partial charge is 0.478 e. The Hall–Kier alpha value is -10.9. The van der Waals surface area contributed by atoms with Gasteiger partial charge >= 0.3 is 17.9 Å². The molecular weight excluding hydrogens is 1090 g/mol. The van der Waals surface area contributed by atoms with Gasteiger partial charge in [-0.3, -0.25) is 24.5 Å². The van der Waals surface area contributed by atoms with Gasteiger partial charge in [-0.2, -0.15) is 0 Å². The van der Waals surface area contributed by atoms with Crippen LogP contribution in [0.1, 0.15) is 110 Å². The lowest BCUT2D eigenvalue weighted by Crippen LogP contribution is -2.25. The van der Waals surface area contributed by atoms with Gasteiger partial charge in [0.1, 0.15) is 11.2 Å². The number of hydrogen-bond donors (Lipinski definition) is 4. The molecule has 2 amide bonds. The summed E-state index contributed by atoms with van der Waals surface area (Å²) in [6.07, 6.45) is 6.38. The number of aromatic nitrogens is 3. The van der Waals surface area contributed by atoms with Crippen molar-refractivity contribution in [1.29, 1.82) is 0 Å². The monoisotopic (exact) mass is 1160 g/mol. The fraction of sp³-hybridized carbons (Fsp3) is 0.151. The Morgan fingerprint density at radius 1 is 0.414 bits per heavy atom. The molecule has 0 unspecified atom stereocenters. The highest BCUT2D eigenvalue weighted by atomic mass is 16.6. The number of hydrogen-bond acceptors (Lipinski definition) is 11. The van der Waals surface area contributed by atoms with Gasteiger partial charge in [-0.05, 0) is 156 Å². The first kappa shape index (κ1) is 62.2. The number of anilines is 3. The number of nitrogens with one attached hydrogen (secondary N) is 2. The number of nitrogen functional groups attached to an aromatic ring is 1. The van der Waals surface area contributed by atoms with Gasteiger partial charge in [0, 0.05) is 52.9 Å². The van der Waals surface area contributed by atoms with Crippen LogP contribution >= 0.6 is 0 Å². The Kier molecular flexibility index (Phi) is 19.8. The highest BCUT2D eigenvalue weighted by molar-refractivity contribution is 6.10. The summed E-state index contributed by atoms with van der Waals surface area (Å²) < 4.78 is 10.9. The summed E-state index contributed by atoms with van der Waals surface area (Å²) in [5.41, 5.74) is 19.3. The molecule has 10 aromatic rings. The molecule has 0 saturated carbocycles. The van der Waals surface area contributed by atoms with Crippen LogP contribution in [0, 0.1) is 20.8 Å². The van der Waals surface area contributed by atoms with E-state index in [1.165, 1.54) is 18.5 Å². The van der Waals surface area contributed by atoms with Crippen LogP contribution < -0.4 is 16.4 Å². The predicted molar refractivity (Wildman–Crippen MR) is 345 cm³/mol. The van der Waals surface area contributed by atoms with E-state index in [0.717, 1.165) is 72.6 Å². The number of aryl methyl sites for hydroxylation is 3. The number of carboxylic acid groups (broad SMARTS) is 1. The minimum absolute atomic E-state index is 0.0249. The molecule has 3 aromatic heterocycles. The summed E-state index contributed by atoms with van der Waals surface area (Å²) in [5.74, 6) is -2.80. The maximum absolute atomic E-state index is 13.3. The fourth-order valence-electron chi connectivity index (χ4n) is 9.04. The van der Waals surface area contributed by atoms with Crippen molar-refractivity contribution in [3.05, 3.63) is 264 Å². The van der Waals surface area contributed by atoms with Crippen LogP contribution in [0.3, 0.4) is 0 Å². The van der Waals surface area contributed by atoms with E-state index in [2.05, 4.69) is 31.7 Å². The van der Waals surface area contributed by atoms with E-state index in [1.54, 1.807) is 60.9 Å². The van der Waals surface area contributed by atoms with Crippen LogP contribution in [0.2, 0.25) is 0 Å². The van der Waals surface area contributed by atoms with E-state index in [-0.39, 0.29) is 22.7 Å². The second kappa shape index (κ2) is 27.7. The Bertz CT molecular complexity index is 4130. The normalized spacial score (nSPS) is 10.9. The third kappa shape index (κ3) is 17.4. The molecule has 0 bridgehead atoms. The number of carbonyl (C=O) groups is 5. The van der Waals surface area contributed by atoms with Crippen LogP contribution in [0.5, 0.6) is 0 Å². The summed E-state index contributed by atoms with van der Waals surface area (Å²) in [4.78, 5) is 75.8. The third-order valence-electron chi connectivity index (χ3n) is 13.2. The number of amides is 2. The standard InChI is InChI=1S/C30H28N2O3.C26H20N2O3.C17H20N2O2/c1-20-9-8-12-22(15-20)23-13-14-26(29(34)35-30(2,3)4)27(17-23)32-28(33)25-16-24(18-31-19-25)21-10-6-5-7-11-21;1-17-6-5-9-19(12-17)20-10-11-23(26(30)31)24(14-20)28-25(29)22-13-21(15-27-16-22)18-7-3-2-4-8-18;1-11-6-5-7-15(19-11)12-8-9-13(14(18)10-12)16(20)21-17(2,3)4/h5-19H,1-4H3,(H,32,33);2-16H,1H3,(H,28,29)(H,30,31);5-10H,18H2,1-4H3. The number of rotatable bonds is 12. The summed E-state index contributed by atoms with van der Waals surface area (Å²) in [6, 6.07) is 60.2. The van der Waals surface area contributed by atoms with Crippen molar-refractivity contribution in [3.63, 3.8) is 0 Å². The predicted octanol–water partition coefficient (Wildman–Crippen LogP) is 16.2. The van der Waals surface area contributed by atoms with Crippen molar-refractivity contribution in [2.75, 3.05) is 16.4 Å². The van der Waals surface area contributed by atoms with Crippen molar-refractivity contribution in [2.24, 2.45) is 0 Å². The first-order valence-electron chi connectivity index (χ1n) is 28.1. The average molecular weight is 1160 g/mol. The van der Waals surface area contributed by atoms with E-state index < -0.39 is 35.0 Å². The number of pyridine rings is 3. The lowest BCUT2D eigenvalue weighted by atomic mass is 10.00. The molecule has 0 atom stereocenters. The second-order valence-electron chi connectivity index (χ2n) is 22.6. The van der Waals surface area contributed by atoms with Crippen molar-refractivity contribution < 1.29 is 38.6 Å². The SMILES string of the molecule is Cc1cccc(-c2ccc(C(=O)O)c(NC(=O)c3cncc(-c4ccccc4)c3)c2)c1.Cc1cccc(-c2ccc(C(=O)OC(C)(C)C)c(N)c2)n1.Cc1cccc(-c2ccc(C(=O)OC(C)(C)C)c(NC(=O)c3cncc(-c4ccccc4)c3)c2)c1. The van der Waals surface area contributed by atoms with Gasteiger partial charge in [0.05, 0.1) is 44.9 Å². The Balaban J connectivity index is 0.000000175. The first-order chi connectivity index (χ1) is 41.5. The van der Waals surface area contributed by atoms with Crippen LogP contribution in [-0.4, -0.2) is 61.0 Å². The number of nitrogens with zero attached hydrogens (tertiary/aromatic N) is 3. The lowest BCUT2D eigenvalue weighted by molar-refractivity contribution is 0.00581. The van der Waals surface area contributed by atoms with Crippen molar-refractivity contribution >= 4 is 46.8 Å². The van der Waals surface area contributed by atoms with Gasteiger partial charge in [0.25, 0.3) is 11.8 Å². The third-order valence-corrected chi connectivity index (χ3v) is 13.2. The van der Waals surface area contributed by atoms with Gasteiger partial charge in [0.2, 0.25) is 0 Å². The first-order valence-corrected chi connectivity index (χ1v) is 28.1. The number of carboxylic acids is 1. The smallest absolute Gasteiger partial charge is 0.340 e. The lowest BCUT2D eigenvalue weighted by Gasteiger charge is -2.21. The molecule has 10 rings (SSSR count). The Morgan fingerprint density at radius 3 is 1.28 bits per heavy atom. The molecular formula is C73H68N6O8. The summed E-state index contributed by atoms with van der Waals surface area (Å²) in [7, 11) is 0. The van der Waals surface area contributed by atoms with Crippen LogP contribution in [-0.2, 0) is 9.47 Å². The molecule has 0 aliphatic rings. The topological polar surface area (TPSA) is 213 Å². The molecule has 14 heteroatoms. The highest BCUT2D eigenvalue weighted by Gasteiger charge is 2.24. The molecule has 0 fully saturated rings. The Labute approximate surface area is 507 Å². The molecule has 0 radical (unpaired) electrons. The van der Waals surface area contributed by atoms with E-state index in [4.69, 9.17) is 15.2 Å². The molecule has 0 aliphatic carbocycles. The maximum atomic E-state index is 13.3. The molecule has 7 aromatic carbocycles. The zero-order valence-corrected chi connectivity index (χ0v) is 50.0. The number of ether oxygens (including phenoxy) is 2. The van der Waals surface area contributed by atoms with Crippen molar-refractivity contribution in [2.45, 2.75) is 73.5 Å². The molecule has 0 aliphatic heterocycles. The van der Waals surface area contributed by atoms with Crippen molar-refractivity contribution in [3.8, 4) is 55.8 Å². The van der Waals surface area contributed by atoms with Gasteiger partial charge in [0.15, 0.2) is 0 Å². The van der Waals surface area contributed by atoms with Gasteiger partial charge in [-0.25, -0.2) is 14.4 Å². The highest BCUT2D eigenvalue weighted by Crippen LogP contribution is 2.31. The number of benzene rings is 7. The molecule has 87 heavy (non-hydrogen) atoms. The summed E-state index contributed by atoms with van der Waals surface area (Å²) in [5, 5.41) is 15.3. The quantitative estimate of drug-likeness (QED) is 0.0664. The number of nitrogens with two attached hydrogens (primary N) is 1. The van der Waals surface area contributed by atoms with Gasteiger partial charge in [-0.1, -0.05) is 145 Å². The van der Waals surface area contributed by atoms with E-state index in [0.29, 0.717) is 28.1 Å². The zero-order chi connectivity index (χ0) is 62.4. The molecule has 5 N–H and O–H groups in total. The Morgan fingerprint density at radius 2 is 0.828 bits per heavy atom. The van der Waals surface area contributed by atoms with Gasteiger partial charge < -0.3 is 30.9 Å². The van der Waals surface area contributed by atoms with E-state index in [9.17, 15) is 29.1 Å². The number of aromatic carboxylic acids is 1. The van der Waals surface area contributed by atoms with Crippen molar-refractivity contribution in [1.82, 2.24) is 15.0 Å². The maximum Gasteiger partial charge on any atom is 0.340 e. The molecule has 438 valence electrons. The number of esters is 2. The second-order valence-corrected chi connectivity index (χ2v) is 22.6. The fourth-order valence-corrected chi connectivity index (χ4v) is 9.04. The van der Waals surface area contributed by atoms with Crippen LogP contribution in [0.25, 0.3) is 55.8 Å².